The molecule has 1 fully saturated rings. The lowest BCUT2D eigenvalue weighted by atomic mass is 10.0. The molecule has 4 nitrogen and oxygen atoms in total. The van der Waals surface area contributed by atoms with E-state index in [1.54, 1.807) is 12.1 Å². The monoisotopic (exact) mass is 369 g/mol. The molecular formula is C17H15ClF3N3O. The summed E-state index contributed by atoms with van der Waals surface area (Å²) < 4.78 is 37.6. The predicted octanol–water partition coefficient (Wildman–Crippen LogP) is 3.91. The van der Waals surface area contributed by atoms with Crippen molar-refractivity contribution in [2.45, 2.75) is 24.7 Å². The van der Waals surface area contributed by atoms with E-state index >= 15 is 0 Å². The summed E-state index contributed by atoms with van der Waals surface area (Å²) >= 11 is 5.86. The van der Waals surface area contributed by atoms with Crippen molar-refractivity contribution in [1.29, 1.82) is 0 Å². The van der Waals surface area contributed by atoms with E-state index in [9.17, 15) is 18.0 Å². The lowest BCUT2D eigenvalue weighted by Gasteiger charge is -2.12. The number of amides is 1. The Balaban J connectivity index is 1.60. The van der Waals surface area contributed by atoms with Crippen LogP contribution in [0.5, 0.6) is 0 Å². The molecule has 0 aliphatic carbocycles. The van der Waals surface area contributed by atoms with Crippen LogP contribution in [-0.4, -0.2) is 11.9 Å². The van der Waals surface area contributed by atoms with Crippen LogP contribution in [0.3, 0.4) is 0 Å². The molecule has 0 radical (unpaired) electrons. The van der Waals surface area contributed by atoms with Crippen LogP contribution < -0.4 is 16.2 Å². The molecular weight excluding hydrogens is 355 g/mol. The Kier molecular flexibility index (Phi) is 4.99. The zero-order chi connectivity index (χ0) is 18.0. The van der Waals surface area contributed by atoms with Crippen molar-refractivity contribution < 1.29 is 18.0 Å². The zero-order valence-corrected chi connectivity index (χ0v) is 13.7. The van der Waals surface area contributed by atoms with Crippen molar-refractivity contribution in [3.63, 3.8) is 0 Å². The van der Waals surface area contributed by atoms with Gasteiger partial charge in [-0.25, -0.2) is 10.9 Å². The van der Waals surface area contributed by atoms with E-state index in [1.165, 1.54) is 12.1 Å². The number of carbonyl (C=O) groups is 1. The van der Waals surface area contributed by atoms with Gasteiger partial charge in [0.25, 0.3) is 0 Å². The topological polar surface area (TPSA) is 53.2 Å². The Morgan fingerprint density at radius 1 is 1.04 bits per heavy atom. The van der Waals surface area contributed by atoms with Crippen LogP contribution in [0.15, 0.2) is 48.5 Å². The summed E-state index contributed by atoms with van der Waals surface area (Å²) in [5, 5.41) is 3.24. The first-order chi connectivity index (χ1) is 11.8. The molecule has 0 aromatic heterocycles. The Bertz CT molecular complexity index is 747. The lowest BCUT2D eigenvalue weighted by molar-refractivity contribution is -0.137. The molecule has 1 heterocycles. The largest absolute Gasteiger partial charge is 0.416 e. The number of carbonyl (C=O) groups excluding carboxylic acids is 1. The number of nitrogens with one attached hydrogen (secondary N) is 3. The first-order valence-corrected chi connectivity index (χ1v) is 7.95. The summed E-state index contributed by atoms with van der Waals surface area (Å²) in [6.45, 7) is 0. The van der Waals surface area contributed by atoms with Crippen LogP contribution >= 0.6 is 11.6 Å². The summed E-state index contributed by atoms with van der Waals surface area (Å²) in [6, 6.07) is 11.1. The molecule has 2 unspecified atom stereocenters. The van der Waals surface area contributed by atoms with Crippen molar-refractivity contribution in [1.82, 2.24) is 10.9 Å². The second-order valence-electron chi connectivity index (χ2n) is 5.75. The molecule has 0 spiro atoms. The van der Waals surface area contributed by atoms with Gasteiger partial charge < -0.3 is 5.32 Å². The molecule has 3 rings (SSSR count). The van der Waals surface area contributed by atoms with Gasteiger partial charge in [-0.3, -0.25) is 4.79 Å². The molecule has 1 amide bonds. The van der Waals surface area contributed by atoms with Crippen LogP contribution in [0.4, 0.5) is 18.9 Å². The van der Waals surface area contributed by atoms with E-state index < -0.39 is 17.8 Å². The standard InChI is InChI=1S/C17H15ClF3N3O/c18-12-5-1-10(2-6-12)14-9-15(24-23-14)16(25)22-13-7-3-11(4-8-13)17(19,20)21/h1-8,14-15,23-24H,9H2,(H,22,25). The Morgan fingerprint density at radius 3 is 2.28 bits per heavy atom. The summed E-state index contributed by atoms with van der Waals surface area (Å²) in [4.78, 5) is 12.3. The normalized spacial score (nSPS) is 20.5. The molecule has 3 N–H and O–H groups in total. The second kappa shape index (κ2) is 7.03. The summed E-state index contributed by atoms with van der Waals surface area (Å²) in [7, 11) is 0. The van der Waals surface area contributed by atoms with Crippen LogP contribution in [0.25, 0.3) is 0 Å². The summed E-state index contributed by atoms with van der Waals surface area (Å²) in [6.07, 6.45) is -3.89. The Hall–Kier alpha value is -2.09. The predicted molar refractivity (Wildman–Crippen MR) is 88.9 cm³/mol. The van der Waals surface area contributed by atoms with Crippen LogP contribution in [0, 0.1) is 0 Å². The molecule has 132 valence electrons. The maximum Gasteiger partial charge on any atom is 0.416 e. The number of alkyl halides is 3. The van der Waals surface area contributed by atoms with Gasteiger partial charge in [0.15, 0.2) is 0 Å². The van der Waals surface area contributed by atoms with Crippen LogP contribution in [0.1, 0.15) is 23.6 Å². The first-order valence-electron chi connectivity index (χ1n) is 7.57. The molecule has 2 aromatic rings. The minimum atomic E-state index is -4.40. The molecule has 8 heteroatoms. The third-order valence-corrected chi connectivity index (χ3v) is 4.22. The molecule has 0 bridgehead atoms. The van der Waals surface area contributed by atoms with E-state index in [-0.39, 0.29) is 11.9 Å². The van der Waals surface area contributed by atoms with E-state index in [0.717, 1.165) is 17.7 Å². The maximum absolute atomic E-state index is 12.5. The molecule has 25 heavy (non-hydrogen) atoms. The number of rotatable bonds is 3. The van der Waals surface area contributed by atoms with Crippen molar-refractivity contribution in [3.05, 3.63) is 64.7 Å². The Morgan fingerprint density at radius 2 is 1.68 bits per heavy atom. The highest BCUT2D eigenvalue weighted by Crippen LogP contribution is 2.30. The van der Waals surface area contributed by atoms with Crippen molar-refractivity contribution in [2.75, 3.05) is 5.32 Å². The highest BCUT2D eigenvalue weighted by molar-refractivity contribution is 6.30. The number of hydrogen-bond donors (Lipinski definition) is 3. The van der Waals surface area contributed by atoms with E-state index in [1.807, 2.05) is 12.1 Å². The maximum atomic E-state index is 12.5. The highest BCUT2D eigenvalue weighted by atomic mass is 35.5. The number of hydrazine groups is 1. The van der Waals surface area contributed by atoms with Gasteiger partial charge in [-0.15, -0.1) is 0 Å². The van der Waals surface area contributed by atoms with Crippen LogP contribution in [-0.2, 0) is 11.0 Å². The molecule has 1 aliphatic rings. The third kappa shape index (κ3) is 4.31. The highest BCUT2D eigenvalue weighted by Gasteiger charge is 2.31. The van der Waals surface area contributed by atoms with E-state index in [2.05, 4.69) is 16.2 Å². The lowest BCUT2D eigenvalue weighted by Crippen LogP contribution is -2.39. The fraction of sp³-hybridized carbons (Fsp3) is 0.235. The number of benzene rings is 2. The third-order valence-electron chi connectivity index (χ3n) is 3.97. The first kappa shape index (κ1) is 17.7. The fourth-order valence-electron chi connectivity index (χ4n) is 2.61. The average Bonchev–Trinajstić information content (AvgIpc) is 3.05. The second-order valence-corrected chi connectivity index (χ2v) is 6.18. The van der Waals surface area contributed by atoms with Gasteiger partial charge in [-0.05, 0) is 48.4 Å². The number of anilines is 1. The van der Waals surface area contributed by atoms with Crippen molar-refractivity contribution >= 4 is 23.2 Å². The van der Waals surface area contributed by atoms with Gasteiger partial charge in [-0.1, -0.05) is 23.7 Å². The molecule has 1 saturated heterocycles. The smallest absolute Gasteiger partial charge is 0.325 e. The van der Waals surface area contributed by atoms with Gasteiger partial charge >= 0.3 is 6.18 Å². The number of halogens is 4. The van der Waals surface area contributed by atoms with Gasteiger partial charge in [0.2, 0.25) is 5.91 Å². The van der Waals surface area contributed by atoms with E-state index in [4.69, 9.17) is 11.6 Å². The van der Waals surface area contributed by atoms with E-state index in [0.29, 0.717) is 17.1 Å². The molecule has 1 aliphatic heterocycles. The molecule has 2 atom stereocenters. The minimum Gasteiger partial charge on any atom is -0.325 e. The minimum absolute atomic E-state index is 0.0550. The molecule has 0 saturated carbocycles. The van der Waals surface area contributed by atoms with Gasteiger partial charge in [0.1, 0.15) is 6.04 Å². The van der Waals surface area contributed by atoms with Crippen LogP contribution in [0.2, 0.25) is 5.02 Å². The summed E-state index contributed by atoms with van der Waals surface area (Å²) in [5.41, 5.74) is 6.48. The SMILES string of the molecule is O=C(Nc1ccc(C(F)(F)F)cc1)C1CC(c2ccc(Cl)cc2)NN1. The summed E-state index contributed by atoms with van der Waals surface area (Å²) in [5.74, 6) is -0.316. The quantitative estimate of drug-likeness (QED) is 0.769. The van der Waals surface area contributed by atoms with Gasteiger partial charge in [0, 0.05) is 16.8 Å². The number of hydrogen-bond acceptors (Lipinski definition) is 3. The Labute approximate surface area is 147 Å². The molecule has 2 aromatic carbocycles. The fourth-order valence-corrected chi connectivity index (χ4v) is 2.74. The van der Waals surface area contributed by atoms with Crippen molar-refractivity contribution in [3.8, 4) is 0 Å². The zero-order valence-electron chi connectivity index (χ0n) is 12.9. The van der Waals surface area contributed by atoms with Gasteiger partial charge in [-0.2, -0.15) is 13.2 Å². The van der Waals surface area contributed by atoms with Gasteiger partial charge in [0.05, 0.1) is 5.56 Å². The average molecular weight is 370 g/mol. The van der Waals surface area contributed by atoms with Crippen molar-refractivity contribution in [2.24, 2.45) is 0 Å².